The van der Waals surface area contributed by atoms with Crippen molar-refractivity contribution in [3.05, 3.63) is 24.0 Å². The molecule has 0 fully saturated rings. The van der Waals surface area contributed by atoms with Crippen molar-refractivity contribution in [2.75, 3.05) is 12.4 Å². The number of nitrogens with one attached hydrogen (secondary N) is 2. The zero-order chi connectivity index (χ0) is 15.3. The van der Waals surface area contributed by atoms with Crippen LogP contribution in [-0.4, -0.2) is 41.5 Å². The Hall–Kier alpha value is -2.35. The first kappa shape index (κ1) is 15.7. The molecular weight excluding hydrogens is 271 g/mol. The Labute approximate surface area is 114 Å². The molecule has 0 unspecified atom stereocenters. The Kier molecular flexibility index (Phi) is 5.27. The van der Waals surface area contributed by atoms with Gasteiger partial charge in [-0.2, -0.15) is 0 Å². The van der Waals surface area contributed by atoms with Gasteiger partial charge in [0, 0.05) is 11.8 Å². The van der Waals surface area contributed by atoms with Gasteiger partial charge in [0.25, 0.3) is 0 Å². The number of amides is 2. The Morgan fingerprint density at radius 3 is 2.55 bits per heavy atom. The molecule has 0 radical (unpaired) electrons. The lowest BCUT2D eigenvalue weighted by Gasteiger charge is -2.17. The fourth-order valence-corrected chi connectivity index (χ4v) is 1.43. The summed E-state index contributed by atoms with van der Waals surface area (Å²) in [6, 6.07) is 1.34. The number of hydrogen-bond donors (Lipinski definition) is 4. The minimum Gasteiger partial charge on any atom is -0.494 e. The first-order chi connectivity index (χ1) is 9.35. The highest BCUT2D eigenvalue weighted by atomic mass is 19.1. The van der Waals surface area contributed by atoms with Gasteiger partial charge in [0.15, 0.2) is 17.6 Å². The number of aliphatic hydroxyl groups is 1. The minimum atomic E-state index is -1.45. The monoisotopic (exact) mass is 286 g/mol. The van der Waals surface area contributed by atoms with Gasteiger partial charge >= 0.3 is 12.0 Å². The van der Waals surface area contributed by atoms with E-state index in [1.165, 1.54) is 26.2 Å². The number of carboxylic acids is 1. The predicted octanol–water partition coefficient (Wildman–Crippen LogP) is 0.790. The van der Waals surface area contributed by atoms with Gasteiger partial charge in [-0.25, -0.2) is 14.0 Å². The van der Waals surface area contributed by atoms with Crippen LogP contribution in [0.1, 0.15) is 6.92 Å². The van der Waals surface area contributed by atoms with Crippen LogP contribution in [0.2, 0.25) is 0 Å². The van der Waals surface area contributed by atoms with Gasteiger partial charge in [-0.05, 0) is 19.1 Å². The summed E-state index contributed by atoms with van der Waals surface area (Å²) in [6.45, 7) is 1.24. The molecule has 2 atom stereocenters. The summed E-state index contributed by atoms with van der Waals surface area (Å²) in [4.78, 5) is 22.4. The van der Waals surface area contributed by atoms with Crippen LogP contribution in [0.25, 0.3) is 0 Å². The van der Waals surface area contributed by atoms with Crippen LogP contribution in [0.3, 0.4) is 0 Å². The molecule has 1 rings (SSSR count). The Morgan fingerprint density at radius 2 is 2.05 bits per heavy atom. The van der Waals surface area contributed by atoms with E-state index in [4.69, 9.17) is 9.84 Å². The number of hydrogen-bond acceptors (Lipinski definition) is 4. The van der Waals surface area contributed by atoms with Crippen LogP contribution in [0.5, 0.6) is 5.75 Å². The van der Waals surface area contributed by atoms with Gasteiger partial charge < -0.3 is 25.6 Å². The average Bonchev–Trinajstić information content (AvgIpc) is 2.37. The molecule has 0 saturated heterocycles. The smallest absolute Gasteiger partial charge is 0.328 e. The summed E-state index contributed by atoms with van der Waals surface area (Å²) in [5, 5.41) is 22.4. The summed E-state index contributed by atoms with van der Waals surface area (Å²) in [7, 11) is 1.27. The van der Waals surface area contributed by atoms with Crippen LogP contribution < -0.4 is 15.4 Å². The number of anilines is 1. The molecule has 20 heavy (non-hydrogen) atoms. The van der Waals surface area contributed by atoms with E-state index in [0.717, 1.165) is 6.07 Å². The molecule has 7 nitrogen and oxygen atoms in total. The first-order valence-electron chi connectivity index (χ1n) is 5.67. The number of methoxy groups -OCH3 is 1. The normalized spacial score (nSPS) is 13.2. The number of aliphatic hydroxyl groups excluding tert-OH is 1. The fraction of sp³-hybridized carbons (Fsp3) is 0.333. The highest BCUT2D eigenvalue weighted by Crippen LogP contribution is 2.21. The number of aliphatic carboxylic acids is 1. The third-order valence-electron chi connectivity index (χ3n) is 2.44. The molecule has 8 heteroatoms. The zero-order valence-corrected chi connectivity index (χ0v) is 10.9. The van der Waals surface area contributed by atoms with Crippen LogP contribution in [-0.2, 0) is 4.79 Å². The van der Waals surface area contributed by atoms with Crippen molar-refractivity contribution in [3.63, 3.8) is 0 Å². The summed E-state index contributed by atoms with van der Waals surface area (Å²) in [5.41, 5.74) is 0.218. The number of carbonyl (C=O) groups excluding carboxylic acids is 1. The summed E-state index contributed by atoms with van der Waals surface area (Å²) < 4.78 is 17.9. The fourth-order valence-electron chi connectivity index (χ4n) is 1.43. The first-order valence-corrected chi connectivity index (χ1v) is 5.67. The van der Waals surface area contributed by atoms with E-state index in [9.17, 15) is 19.1 Å². The predicted molar refractivity (Wildman–Crippen MR) is 68.2 cm³/mol. The zero-order valence-electron chi connectivity index (χ0n) is 10.9. The summed E-state index contributed by atoms with van der Waals surface area (Å²) >= 11 is 0. The van der Waals surface area contributed by atoms with Crippen molar-refractivity contribution >= 4 is 17.7 Å². The molecular formula is C12H15FN2O5. The van der Waals surface area contributed by atoms with Crippen molar-refractivity contribution < 1.29 is 28.9 Å². The average molecular weight is 286 g/mol. The molecule has 1 aromatic carbocycles. The maximum atomic E-state index is 13.2. The number of benzene rings is 1. The van der Waals surface area contributed by atoms with Crippen LogP contribution >= 0.6 is 0 Å². The van der Waals surface area contributed by atoms with E-state index in [1.54, 1.807) is 0 Å². The maximum absolute atomic E-state index is 13.2. The number of ether oxygens (including phenoxy) is 1. The van der Waals surface area contributed by atoms with E-state index in [0.29, 0.717) is 0 Å². The summed E-state index contributed by atoms with van der Waals surface area (Å²) in [6.07, 6.45) is -1.26. The molecule has 0 spiro atoms. The molecule has 0 saturated carbocycles. The molecule has 0 aliphatic rings. The van der Waals surface area contributed by atoms with Gasteiger partial charge in [-0.15, -0.1) is 0 Å². The molecule has 0 aliphatic heterocycles. The number of carbonyl (C=O) groups is 2. The molecule has 0 aliphatic carbocycles. The SMILES string of the molecule is COc1cc(NC(=O)N[C@H](C(=O)O)[C@@H](C)O)ccc1F. The molecule has 4 N–H and O–H groups in total. The molecule has 0 heterocycles. The van der Waals surface area contributed by atoms with Gasteiger partial charge in [0.2, 0.25) is 0 Å². The molecule has 110 valence electrons. The lowest BCUT2D eigenvalue weighted by Crippen LogP contribution is -2.49. The van der Waals surface area contributed by atoms with E-state index in [1.807, 2.05) is 0 Å². The van der Waals surface area contributed by atoms with Gasteiger partial charge in [0.1, 0.15) is 0 Å². The van der Waals surface area contributed by atoms with Crippen LogP contribution in [0.15, 0.2) is 18.2 Å². The second-order valence-electron chi connectivity index (χ2n) is 4.00. The quantitative estimate of drug-likeness (QED) is 0.640. The van der Waals surface area contributed by atoms with Crippen molar-refractivity contribution in [2.24, 2.45) is 0 Å². The van der Waals surface area contributed by atoms with Gasteiger partial charge in [-0.1, -0.05) is 0 Å². The van der Waals surface area contributed by atoms with Crippen molar-refractivity contribution in [1.82, 2.24) is 5.32 Å². The Morgan fingerprint density at radius 1 is 1.40 bits per heavy atom. The second kappa shape index (κ2) is 6.71. The largest absolute Gasteiger partial charge is 0.494 e. The van der Waals surface area contributed by atoms with E-state index in [-0.39, 0.29) is 11.4 Å². The topological polar surface area (TPSA) is 108 Å². The third kappa shape index (κ3) is 4.09. The van der Waals surface area contributed by atoms with Crippen molar-refractivity contribution in [2.45, 2.75) is 19.1 Å². The molecule has 0 bridgehead atoms. The Bertz CT molecular complexity index is 507. The molecule has 0 aromatic heterocycles. The molecule has 1 aromatic rings. The van der Waals surface area contributed by atoms with E-state index >= 15 is 0 Å². The van der Waals surface area contributed by atoms with E-state index in [2.05, 4.69) is 10.6 Å². The molecule has 2 amide bonds. The second-order valence-corrected chi connectivity index (χ2v) is 4.00. The van der Waals surface area contributed by atoms with Crippen molar-refractivity contribution in [1.29, 1.82) is 0 Å². The van der Waals surface area contributed by atoms with E-state index < -0.39 is 30.0 Å². The number of carboxylic acid groups (broad SMARTS) is 1. The van der Waals surface area contributed by atoms with Gasteiger partial charge in [-0.3, -0.25) is 0 Å². The van der Waals surface area contributed by atoms with Crippen LogP contribution in [0.4, 0.5) is 14.9 Å². The maximum Gasteiger partial charge on any atom is 0.328 e. The number of halogens is 1. The number of urea groups is 1. The van der Waals surface area contributed by atoms with Gasteiger partial charge in [0.05, 0.1) is 13.2 Å². The minimum absolute atomic E-state index is 0.0619. The summed E-state index contributed by atoms with van der Waals surface area (Å²) in [5.74, 6) is -2.02. The van der Waals surface area contributed by atoms with Crippen LogP contribution in [0, 0.1) is 5.82 Å². The Balaban J connectivity index is 2.73. The lowest BCUT2D eigenvalue weighted by molar-refractivity contribution is -0.141. The number of rotatable bonds is 5. The highest BCUT2D eigenvalue weighted by molar-refractivity contribution is 5.92. The standard InChI is InChI=1S/C12H15FN2O5/c1-6(16)10(11(17)18)15-12(19)14-7-3-4-8(13)9(5-7)20-2/h3-6,10,16H,1-2H3,(H,17,18)(H2,14,15,19)/t6-,10+/m1/s1. The third-order valence-corrected chi connectivity index (χ3v) is 2.44. The lowest BCUT2D eigenvalue weighted by atomic mass is 10.2. The highest BCUT2D eigenvalue weighted by Gasteiger charge is 2.24. The van der Waals surface area contributed by atoms with Crippen molar-refractivity contribution in [3.8, 4) is 5.75 Å².